The second kappa shape index (κ2) is 8.08. The van der Waals surface area contributed by atoms with Gasteiger partial charge in [-0.3, -0.25) is 9.59 Å². The maximum Gasteiger partial charge on any atom is 0.244 e. The van der Waals surface area contributed by atoms with Crippen molar-refractivity contribution in [3.05, 3.63) is 59.2 Å². The molecule has 4 nitrogen and oxygen atoms in total. The molecule has 0 spiro atoms. The van der Waals surface area contributed by atoms with E-state index in [1.807, 2.05) is 39.0 Å². The molecule has 26 heavy (non-hydrogen) atoms. The van der Waals surface area contributed by atoms with Crippen molar-refractivity contribution in [2.24, 2.45) is 0 Å². The maximum atomic E-state index is 14.0. The molecule has 0 fully saturated rings. The Morgan fingerprint density at radius 1 is 1.15 bits per heavy atom. The molecule has 2 rings (SSSR count). The molecule has 0 saturated heterocycles. The zero-order valence-electron chi connectivity index (χ0n) is 15.3. The summed E-state index contributed by atoms with van der Waals surface area (Å²) in [5.41, 5.74) is 2.42. The monoisotopic (exact) mass is 360 g/mol. The zero-order chi connectivity index (χ0) is 19.4. The number of hydrogen-bond donors (Lipinski definition) is 1. The largest absolute Gasteiger partial charge is 0.324 e. The predicted octanol–water partition coefficient (Wildman–Crippen LogP) is 4.39. The summed E-state index contributed by atoms with van der Waals surface area (Å²) in [7, 11) is 0. The minimum atomic E-state index is -0.897. The smallest absolute Gasteiger partial charge is 0.244 e. The van der Waals surface area contributed by atoms with Crippen LogP contribution in [0.3, 0.4) is 0 Å². The van der Waals surface area contributed by atoms with Crippen molar-refractivity contribution in [3.63, 3.8) is 0 Å². The van der Waals surface area contributed by atoms with Crippen LogP contribution in [0.2, 0.25) is 0 Å². The number of amides is 2. The molecule has 0 saturated carbocycles. The Kier molecular flexibility index (Phi) is 6.08. The molecular formula is C20H22F2N2O2. The minimum Gasteiger partial charge on any atom is -0.324 e. The summed E-state index contributed by atoms with van der Waals surface area (Å²) < 4.78 is 27.1. The Morgan fingerprint density at radius 3 is 2.42 bits per heavy atom. The number of para-hydroxylation sites is 1. The van der Waals surface area contributed by atoms with Crippen LogP contribution >= 0.6 is 0 Å². The van der Waals surface area contributed by atoms with Crippen molar-refractivity contribution < 1.29 is 18.4 Å². The fourth-order valence-electron chi connectivity index (χ4n) is 2.73. The molecule has 0 atom stereocenters. The molecule has 6 heteroatoms. The normalized spacial score (nSPS) is 10.7. The molecule has 0 bridgehead atoms. The van der Waals surface area contributed by atoms with Crippen molar-refractivity contribution in [1.82, 2.24) is 0 Å². The van der Waals surface area contributed by atoms with Gasteiger partial charge in [-0.2, -0.15) is 0 Å². The van der Waals surface area contributed by atoms with Crippen LogP contribution in [-0.2, 0) is 9.59 Å². The van der Waals surface area contributed by atoms with E-state index in [9.17, 15) is 18.4 Å². The SMILES string of the molecule is CC(=O)N(CC(=O)Nc1c(C)cccc1C(C)C)c1ccc(F)cc1F. The van der Waals surface area contributed by atoms with Gasteiger partial charge in [0, 0.05) is 18.7 Å². The van der Waals surface area contributed by atoms with Crippen molar-refractivity contribution in [2.75, 3.05) is 16.8 Å². The fraction of sp³-hybridized carbons (Fsp3) is 0.300. The summed E-state index contributed by atoms with van der Waals surface area (Å²) >= 11 is 0. The number of halogens is 2. The third kappa shape index (κ3) is 4.45. The molecule has 138 valence electrons. The number of nitrogens with zero attached hydrogens (tertiary/aromatic N) is 1. The molecule has 2 aromatic rings. The molecule has 0 aliphatic rings. The summed E-state index contributed by atoms with van der Waals surface area (Å²) in [5, 5.41) is 2.82. The number of anilines is 2. The Labute approximate surface area is 151 Å². The molecule has 2 amide bonds. The highest BCUT2D eigenvalue weighted by Gasteiger charge is 2.21. The van der Waals surface area contributed by atoms with E-state index < -0.39 is 23.4 Å². The molecule has 0 aromatic heterocycles. The van der Waals surface area contributed by atoms with Gasteiger partial charge in [0.2, 0.25) is 11.8 Å². The van der Waals surface area contributed by atoms with E-state index in [2.05, 4.69) is 5.32 Å². The minimum absolute atomic E-state index is 0.136. The quantitative estimate of drug-likeness (QED) is 0.860. The number of aryl methyl sites for hydroxylation is 1. The second-order valence-electron chi connectivity index (χ2n) is 6.44. The fourth-order valence-corrected chi connectivity index (χ4v) is 2.73. The third-order valence-corrected chi connectivity index (χ3v) is 4.07. The van der Waals surface area contributed by atoms with Crippen LogP contribution in [0.4, 0.5) is 20.2 Å². The van der Waals surface area contributed by atoms with Crippen LogP contribution in [0.1, 0.15) is 37.8 Å². The second-order valence-corrected chi connectivity index (χ2v) is 6.44. The van der Waals surface area contributed by atoms with E-state index in [0.717, 1.165) is 28.2 Å². The first-order valence-electron chi connectivity index (χ1n) is 8.33. The summed E-state index contributed by atoms with van der Waals surface area (Å²) in [6, 6.07) is 8.59. The average Bonchev–Trinajstić information content (AvgIpc) is 2.54. The molecule has 1 N–H and O–H groups in total. The van der Waals surface area contributed by atoms with Crippen LogP contribution in [0.15, 0.2) is 36.4 Å². The molecule has 0 aliphatic heterocycles. The summed E-state index contributed by atoms with van der Waals surface area (Å²) in [6.07, 6.45) is 0. The van der Waals surface area contributed by atoms with E-state index in [4.69, 9.17) is 0 Å². The van der Waals surface area contributed by atoms with Crippen molar-refractivity contribution in [3.8, 4) is 0 Å². The van der Waals surface area contributed by atoms with Gasteiger partial charge in [0.1, 0.15) is 18.2 Å². The summed E-state index contributed by atoms with van der Waals surface area (Å²) in [4.78, 5) is 25.4. The molecule has 0 heterocycles. The highest BCUT2D eigenvalue weighted by atomic mass is 19.1. The molecule has 0 aliphatic carbocycles. The zero-order valence-corrected chi connectivity index (χ0v) is 15.3. The summed E-state index contributed by atoms with van der Waals surface area (Å²) in [5.74, 6) is -2.42. The van der Waals surface area contributed by atoms with Crippen molar-refractivity contribution in [1.29, 1.82) is 0 Å². The number of carbonyl (C=O) groups is 2. The number of rotatable bonds is 5. The van der Waals surface area contributed by atoms with Crippen LogP contribution in [-0.4, -0.2) is 18.4 Å². The van der Waals surface area contributed by atoms with E-state index in [0.29, 0.717) is 11.8 Å². The lowest BCUT2D eigenvalue weighted by Crippen LogP contribution is -2.37. The van der Waals surface area contributed by atoms with Crippen LogP contribution in [0.25, 0.3) is 0 Å². The first-order chi connectivity index (χ1) is 12.2. The lowest BCUT2D eigenvalue weighted by molar-refractivity contribution is -0.120. The Bertz CT molecular complexity index is 835. The maximum absolute atomic E-state index is 14.0. The number of benzene rings is 2. The Morgan fingerprint density at radius 2 is 1.85 bits per heavy atom. The topological polar surface area (TPSA) is 49.4 Å². The average molecular weight is 360 g/mol. The van der Waals surface area contributed by atoms with Crippen molar-refractivity contribution >= 4 is 23.2 Å². The standard InChI is InChI=1S/C20H22F2N2O2/c1-12(2)16-7-5-6-13(3)20(16)23-19(26)11-24(14(4)25)18-9-8-15(21)10-17(18)22/h5-10,12H,11H2,1-4H3,(H,23,26). The van der Waals surface area contributed by atoms with Gasteiger partial charge >= 0.3 is 0 Å². The molecule has 2 aromatic carbocycles. The van der Waals surface area contributed by atoms with Gasteiger partial charge in [0.25, 0.3) is 0 Å². The number of nitrogens with one attached hydrogen (secondary N) is 1. The van der Waals surface area contributed by atoms with Gasteiger partial charge in [0.05, 0.1) is 5.69 Å². The highest BCUT2D eigenvalue weighted by molar-refractivity contribution is 6.02. The lowest BCUT2D eigenvalue weighted by atomic mass is 9.98. The molecular weight excluding hydrogens is 338 g/mol. The van der Waals surface area contributed by atoms with Crippen molar-refractivity contribution in [2.45, 2.75) is 33.6 Å². The first-order valence-corrected chi connectivity index (χ1v) is 8.33. The van der Waals surface area contributed by atoms with Gasteiger partial charge < -0.3 is 10.2 Å². The van der Waals surface area contributed by atoms with Crippen LogP contribution < -0.4 is 10.2 Å². The molecule has 0 unspecified atom stereocenters. The number of carbonyl (C=O) groups excluding carboxylic acids is 2. The first kappa shape index (κ1) is 19.6. The van der Waals surface area contributed by atoms with Gasteiger partial charge in [-0.25, -0.2) is 8.78 Å². The van der Waals surface area contributed by atoms with Gasteiger partial charge in [-0.05, 0) is 36.1 Å². The van der Waals surface area contributed by atoms with Gasteiger partial charge in [-0.15, -0.1) is 0 Å². The lowest BCUT2D eigenvalue weighted by Gasteiger charge is -2.22. The number of hydrogen-bond acceptors (Lipinski definition) is 2. The van der Waals surface area contributed by atoms with E-state index >= 15 is 0 Å². The van der Waals surface area contributed by atoms with Crippen LogP contribution in [0, 0.1) is 18.6 Å². The van der Waals surface area contributed by atoms with Gasteiger partial charge in [-0.1, -0.05) is 32.0 Å². The van der Waals surface area contributed by atoms with E-state index in [-0.39, 0.29) is 18.2 Å². The van der Waals surface area contributed by atoms with Gasteiger partial charge in [0.15, 0.2) is 0 Å². The van der Waals surface area contributed by atoms with E-state index in [1.54, 1.807) is 0 Å². The highest BCUT2D eigenvalue weighted by Crippen LogP contribution is 2.27. The van der Waals surface area contributed by atoms with E-state index in [1.165, 1.54) is 6.92 Å². The third-order valence-electron chi connectivity index (χ3n) is 4.07. The predicted molar refractivity (Wildman–Crippen MR) is 98.3 cm³/mol. The molecule has 0 radical (unpaired) electrons. The Hall–Kier alpha value is -2.76. The Balaban J connectivity index is 2.26. The van der Waals surface area contributed by atoms with Crippen LogP contribution in [0.5, 0.6) is 0 Å². The summed E-state index contributed by atoms with van der Waals surface area (Å²) in [6.45, 7) is 6.76.